The Bertz CT molecular complexity index is 1370. The highest BCUT2D eigenvalue weighted by Gasteiger charge is 2.16. The Morgan fingerprint density at radius 1 is 1.15 bits per heavy atom. The first-order chi connectivity index (χ1) is 19.9. The molecule has 0 aliphatic carbocycles. The van der Waals surface area contributed by atoms with Crippen LogP contribution in [0.1, 0.15) is 72.2 Å². The topological polar surface area (TPSA) is 82.5 Å². The molecule has 0 saturated heterocycles. The van der Waals surface area contributed by atoms with Crippen molar-refractivity contribution >= 4 is 22.6 Å². The maximum Gasteiger partial charge on any atom is 0.251 e. The fourth-order valence-electron chi connectivity index (χ4n) is 4.86. The van der Waals surface area contributed by atoms with Gasteiger partial charge in [-0.05, 0) is 93.1 Å². The van der Waals surface area contributed by atoms with Crippen molar-refractivity contribution in [1.29, 1.82) is 0 Å². The highest BCUT2D eigenvalue weighted by atomic mass is 16.5. The summed E-state index contributed by atoms with van der Waals surface area (Å²) in [6, 6.07) is 11.0. The van der Waals surface area contributed by atoms with Crippen molar-refractivity contribution in [2.24, 2.45) is 5.92 Å². The van der Waals surface area contributed by atoms with E-state index in [1.165, 1.54) is 0 Å². The summed E-state index contributed by atoms with van der Waals surface area (Å²) in [6.45, 7) is 11.6. The normalized spacial score (nSPS) is 12.5. The van der Waals surface area contributed by atoms with Gasteiger partial charge in [0.05, 0.1) is 12.1 Å². The predicted molar refractivity (Wildman–Crippen MR) is 165 cm³/mol. The van der Waals surface area contributed by atoms with E-state index in [0.717, 1.165) is 48.7 Å². The van der Waals surface area contributed by atoms with Gasteiger partial charge in [0.1, 0.15) is 11.5 Å². The first kappa shape index (κ1) is 31.6. The number of fused-ring (bicyclic) bond motifs is 1. The number of nitrogens with zero attached hydrogens (tertiary/aromatic N) is 2. The predicted octanol–water partition coefficient (Wildman–Crippen LogP) is 7.22. The van der Waals surface area contributed by atoms with Crippen molar-refractivity contribution < 1.29 is 19.1 Å². The highest BCUT2D eigenvalue weighted by Crippen LogP contribution is 2.24. The summed E-state index contributed by atoms with van der Waals surface area (Å²) in [5.41, 5.74) is 3.15. The summed E-state index contributed by atoms with van der Waals surface area (Å²) in [5, 5.41) is 8.66. The minimum Gasteiger partial charge on any atom is -0.457 e. The molecule has 7 nitrogen and oxygen atoms in total. The van der Waals surface area contributed by atoms with E-state index in [2.05, 4.69) is 18.8 Å². The maximum absolute atomic E-state index is 12.9. The van der Waals surface area contributed by atoms with Crippen LogP contribution < -0.4 is 10.1 Å². The largest absolute Gasteiger partial charge is 0.457 e. The lowest BCUT2D eigenvalue weighted by molar-refractivity contribution is 0.0935. The fraction of sp³-hybridized carbons (Fsp3) is 0.382. The number of carbonyl (C=O) groups excluding carboxylic acids is 2. The molecule has 0 fully saturated rings. The maximum atomic E-state index is 12.9. The molecule has 218 valence electrons. The Morgan fingerprint density at radius 2 is 1.93 bits per heavy atom. The van der Waals surface area contributed by atoms with E-state index < -0.39 is 0 Å². The SMILES string of the molecule is C=C/C(=C\C=C/C)Oc1ccc(C(=O)CCCC(CCC)Cn2cc3c(C)c(C(=O)NCCOC)ccc3n2)cc1. The molecule has 1 aromatic heterocycles. The average Bonchev–Trinajstić information content (AvgIpc) is 3.39. The number of ether oxygens (including phenoxy) is 2. The van der Waals surface area contributed by atoms with Crippen molar-refractivity contribution in [3.8, 4) is 5.75 Å². The fourth-order valence-corrected chi connectivity index (χ4v) is 4.86. The van der Waals surface area contributed by atoms with Crippen LogP contribution in [-0.4, -0.2) is 41.7 Å². The first-order valence-corrected chi connectivity index (χ1v) is 14.4. The molecule has 41 heavy (non-hydrogen) atoms. The number of hydrogen-bond donors (Lipinski definition) is 1. The molecule has 0 aliphatic heterocycles. The molecule has 1 unspecified atom stereocenters. The number of hydrogen-bond acceptors (Lipinski definition) is 5. The first-order valence-electron chi connectivity index (χ1n) is 14.4. The van der Waals surface area contributed by atoms with Gasteiger partial charge in [0.25, 0.3) is 5.91 Å². The number of amides is 1. The van der Waals surface area contributed by atoms with Crippen LogP contribution in [0, 0.1) is 12.8 Å². The van der Waals surface area contributed by atoms with Crippen molar-refractivity contribution in [1.82, 2.24) is 15.1 Å². The van der Waals surface area contributed by atoms with E-state index in [1.807, 2.05) is 79.4 Å². The second kappa shape index (κ2) is 16.3. The molecule has 1 atom stereocenters. The molecule has 1 amide bonds. The molecule has 7 heteroatoms. The molecule has 0 radical (unpaired) electrons. The van der Waals surface area contributed by atoms with Crippen molar-refractivity contribution in [3.05, 3.63) is 95.9 Å². The second-order valence-corrected chi connectivity index (χ2v) is 10.2. The number of nitrogens with one attached hydrogen (secondary N) is 1. The number of allylic oxidation sites excluding steroid dienone is 4. The number of aromatic nitrogens is 2. The molecule has 0 bridgehead atoms. The average molecular weight is 558 g/mol. The van der Waals surface area contributed by atoms with E-state index in [4.69, 9.17) is 14.6 Å². The van der Waals surface area contributed by atoms with Crippen LogP contribution >= 0.6 is 0 Å². The number of rotatable bonds is 17. The molecule has 1 heterocycles. The Balaban J connectivity index is 1.57. The van der Waals surface area contributed by atoms with E-state index in [1.54, 1.807) is 13.2 Å². The summed E-state index contributed by atoms with van der Waals surface area (Å²) >= 11 is 0. The van der Waals surface area contributed by atoms with Crippen molar-refractivity contribution in [3.63, 3.8) is 0 Å². The van der Waals surface area contributed by atoms with Crippen LogP contribution in [0.25, 0.3) is 10.9 Å². The van der Waals surface area contributed by atoms with Gasteiger partial charge < -0.3 is 14.8 Å². The van der Waals surface area contributed by atoms with Gasteiger partial charge >= 0.3 is 0 Å². The summed E-state index contributed by atoms with van der Waals surface area (Å²) in [6.07, 6.45) is 13.7. The van der Waals surface area contributed by atoms with Crippen LogP contribution in [0.3, 0.4) is 0 Å². The zero-order valence-electron chi connectivity index (χ0n) is 24.8. The van der Waals surface area contributed by atoms with Gasteiger partial charge in [-0.15, -0.1) is 0 Å². The number of methoxy groups -OCH3 is 1. The Labute approximate surface area is 243 Å². The Morgan fingerprint density at radius 3 is 2.61 bits per heavy atom. The van der Waals surface area contributed by atoms with Crippen LogP contribution in [0.2, 0.25) is 0 Å². The number of carbonyl (C=O) groups is 2. The van der Waals surface area contributed by atoms with E-state index in [0.29, 0.717) is 48.1 Å². The molecule has 1 N–H and O–H groups in total. The van der Waals surface area contributed by atoms with Crippen LogP contribution in [0.4, 0.5) is 0 Å². The Kier molecular flexibility index (Phi) is 12.6. The lowest BCUT2D eigenvalue weighted by Gasteiger charge is -2.16. The monoisotopic (exact) mass is 557 g/mol. The summed E-state index contributed by atoms with van der Waals surface area (Å²) in [4.78, 5) is 25.5. The van der Waals surface area contributed by atoms with Crippen molar-refractivity contribution in [2.45, 2.75) is 59.4 Å². The van der Waals surface area contributed by atoms with Crippen molar-refractivity contribution in [2.75, 3.05) is 20.3 Å². The molecular weight excluding hydrogens is 514 g/mol. The molecular formula is C34H43N3O4. The molecule has 0 spiro atoms. The zero-order valence-corrected chi connectivity index (χ0v) is 24.8. The summed E-state index contributed by atoms with van der Waals surface area (Å²) < 4.78 is 12.8. The lowest BCUT2D eigenvalue weighted by Crippen LogP contribution is -2.27. The van der Waals surface area contributed by atoms with Crippen LogP contribution in [0.5, 0.6) is 5.75 Å². The van der Waals surface area contributed by atoms with Crippen LogP contribution in [0.15, 0.2) is 79.2 Å². The molecule has 0 aliphatic rings. The highest BCUT2D eigenvalue weighted by molar-refractivity contribution is 6.00. The summed E-state index contributed by atoms with van der Waals surface area (Å²) in [5.74, 6) is 1.76. The smallest absolute Gasteiger partial charge is 0.251 e. The van der Waals surface area contributed by atoms with E-state index in [9.17, 15) is 9.59 Å². The molecule has 0 saturated carbocycles. The van der Waals surface area contributed by atoms with E-state index >= 15 is 0 Å². The third-order valence-corrected chi connectivity index (χ3v) is 7.07. The minimum atomic E-state index is -0.104. The van der Waals surface area contributed by atoms with Gasteiger partial charge in [-0.1, -0.05) is 32.1 Å². The third-order valence-electron chi connectivity index (χ3n) is 7.07. The van der Waals surface area contributed by atoms with Crippen LogP contribution in [-0.2, 0) is 11.3 Å². The molecule has 2 aromatic carbocycles. The number of aryl methyl sites for hydroxylation is 1. The molecule has 3 rings (SSSR count). The lowest BCUT2D eigenvalue weighted by atomic mass is 9.95. The molecule has 3 aromatic rings. The Hall–Kier alpha value is -3.97. The number of Topliss-reactive ketones (excluding diaryl/α,β-unsaturated/α-hetero) is 1. The quantitative estimate of drug-likeness (QED) is 0.0820. The zero-order chi connectivity index (χ0) is 29.6. The number of ketones is 1. The van der Waals surface area contributed by atoms with Gasteiger partial charge in [-0.2, -0.15) is 5.10 Å². The standard InChI is InChI=1S/C34H43N3O4/c1-6-9-13-28(8-3)41-29-17-15-27(16-18-29)33(38)14-10-12-26(11-7-2)23-37-24-31-25(4)30(19-20-32(31)36-37)34(39)35-21-22-40-5/h6,8-9,13,15-20,24,26H,3,7,10-12,14,21-23H2,1-2,4-5H3,(H,35,39)/b9-6-,28-13+. The second-order valence-electron chi connectivity index (χ2n) is 10.2. The van der Waals surface area contributed by atoms with Gasteiger partial charge in [0, 0.05) is 49.3 Å². The van der Waals surface area contributed by atoms with Gasteiger partial charge in [-0.3, -0.25) is 14.3 Å². The van der Waals surface area contributed by atoms with Gasteiger partial charge in [0.15, 0.2) is 5.78 Å². The van der Waals surface area contributed by atoms with Gasteiger partial charge in [-0.25, -0.2) is 0 Å². The third kappa shape index (κ3) is 9.29. The number of benzene rings is 2. The van der Waals surface area contributed by atoms with E-state index in [-0.39, 0.29) is 11.7 Å². The minimum absolute atomic E-state index is 0.104. The summed E-state index contributed by atoms with van der Waals surface area (Å²) in [7, 11) is 1.61. The van der Waals surface area contributed by atoms with Gasteiger partial charge in [0.2, 0.25) is 0 Å².